The quantitative estimate of drug-likeness (QED) is 0.191. The lowest BCUT2D eigenvalue weighted by Crippen LogP contribution is -2.52. The van der Waals surface area contributed by atoms with Crippen LogP contribution < -0.4 is 14.4 Å². The van der Waals surface area contributed by atoms with Crippen molar-refractivity contribution in [2.45, 2.75) is 38.1 Å². The van der Waals surface area contributed by atoms with Crippen LogP contribution in [0, 0.1) is 5.92 Å². The molecule has 0 aliphatic carbocycles. The number of para-hydroxylation sites is 1. The Balaban J connectivity index is 1.64. The minimum absolute atomic E-state index is 0.0518. The smallest absolute Gasteiger partial charge is 0.264 e. The van der Waals surface area contributed by atoms with Gasteiger partial charge in [0.15, 0.2) is 0 Å². The van der Waals surface area contributed by atoms with Gasteiger partial charge in [0.1, 0.15) is 24.1 Å². The summed E-state index contributed by atoms with van der Waals surface area (Å²) >= 11 is 0. The zero-order chi connectivity index (χ0) is 31.5. The fourth-order valence-electron chi connectivity index (χ4n) is 4.58. The summed E-state index contributed by atoms with van der Waals surface area (Å²) in [5.74, 6) is 0.614. The Morgan fingerprint density at radius 1 is 0.750 bits per heavy atom. The van der Waals surface area contributed by atoms with E-state index >= 15 is 0 Å². The number of carbonyl (C=O) groups excluding carboxylic acids is 2. The van der Waals surface area contributed by atoms with Gasteiger partial charge in [-0.1, -0.05) is 80.6 Å². The van der Waals surface area contributed by atoms with E-state index < -0.39 is 28.5 Å². The van der Waals surface area contributed by atoms with Crippen molar-refractivity contribution < 1.29 is 22.7 Å². The Labute approximate surface area is 260 Å². The van der Waals surface area contributed by atoms with E-state index in [2.05, 4.69) is 5.32 Å². The summed E-state index contributed by atoms with van der Waals surface area (Å²) in [5.41, 5.74) is 1.30. The van der Waals surface area contributed by atoms with Gasteiger partial charge in [-0.15, -0.1) is 0 Å². The highest BCUT2D eigenvalue weighted by molar-refractivity contribution is 7.92. The third-order valence-electron chi connectivity index (χ3n) is 7.05. The van der Waals surface area contributed by atoms with Crippen LogP contribution in [0.25, 0.3) is 0 Å². The number of ether oxygens (including phenoxy) is 1. The highest BCUT2D eigenvalue weighted by Gasteiger charge is 2.32. The Morgan fingerprint density at radius 3 is 1.89 bits per heavy atom. The molecule has 8 nitrogen and oxygen atoms in total. The molecule has 0 unspecified atom stereocenters. The largest absolute Gasteiger partial charge is 0.457 e. The third kappa shape index (κ3) is 8.70. The molecule has 4 aromatic rings. The first-order valence-corrected chi connectivity index (χ1v) is 16.1. The second-order valence-electron chi connectivity index (χ2n) is 10.9. The number of sulfonamides is 1. The number of rotatable bonds is 14. The van der Waals surface area contributed by atoms with E-state index in [4.69, 9.17) is 4.74 Å². The number of nitrogens with one attached hydrogen (secondary N) is 1. The molecule has 0 saturated carbocycles. The summed E-state index contributed by atoms with van der Waals surface area (Å²) in [6.45, 7) is 5.87. The topological polar surface area (TPSA) is 96.0 Å². The van der Waals surface area contributed by atoms with Crippen molar-refractivity contribution in [1.29, 1.82) is 0 Å². The third-order valence-corrected chi connectivity index (χ3v) is 8.84. The highest BCUT2D eigenvalue weighted by atomic mass is 32.2. The van der Waals surface area contributed by atoms with Crippen LogP contribution in [0.2, 0.25) is 0 Å². The molecule has 1 atom stereocenters. The fourth-order valence-corrected chi connectivity index (χ4v) is 6.01. The molecule has 44 heavy (non-hydrogen) atoms. The van der Waals surface area contributed by atoms with Crippen LogP contribution in [0.3, 0.4) is 0 Å². The van der Waals surface area contributed by atoms with Gasteiger partial charge in [0.2, 0.25) is 11.8 Å². The molecule has 0 bridgehead atoms. The standard InChI is InChI=1S/C35H39N3O5S/c1-27(2)25-36-35(40)28(3)37(24-23-29-13-7-4-8-14-29)34(39)26-38(44(41,42)33-17-11-6-12-18-33)30-19-21-32(22-20-30)43-31-15-9-5-10-16-31/h4-22,27-28H,23-26H2,1-3H3,(H,36,40)/t28-/m0/s1. The van der Waals surface area contributed by atoms with Crippen LogP contribution in [-0.2, 0) is 26.0 Å². The van der Waals surface area contributed by atoms with E-state index in [1.165, 1.54) is 17.0 Å². The molecule has 0 aromatic heterocycles. The first-order chi connectivity index (χ1) is 21.1. The number of carbonyl (C=O) groups is 2. The van der Waals surface area contributed by atoms with Crippen molar-refractivity contribution in [2.24, 2.45) is 5.92 Å². The van der Waals surface area contributed by atoms with Crippen LogP contribution in [0.4, 0.5) is 5.69 Å². The van der Waals surface area contributed by atoms with Gasteiger partial charge in [-0.3, -0.25) is 13.9 Å². The van der Waals surface area contributed by atoms with Crippen LogP contribution in [0.5, 0.6) is 11.5 Å². The van der Waals surface area contributed by atoms with Gasteiger partial charge >= 0.3 is 0 Å². The number of benzene rings is 4. The minimum Gasteiger partial charge on any atom is -0.457 e. The van der Waals surface area contributed by atoms with Gasteiger partial charge in [0.25, 0.3) is 10.0 Å². The van der Waals surface area contributed by atoms with Gasteiger partial charge in [0, 0.05) is 13.1 Å². The molecule has 2 amide bonds. The average Bonchev–Trinajstić information content (AvgIpc) is 3.04. The molecule has 4 aromatic carbocycles. The zero-order valence-electron chi connectivity index (χ0n) is 25.3. The van der Waals surface area contributed by atoms with Crippen molar-refractivity contribution in [3.05, 3.63) is 121 Å². The Hall–Kier alpha value is -4.63. The van der Waals surface area contributed by atoms with Gasteiger partial charge in [-0.25, -0.2) is 8.42 Å². The summed E-state index contributed by atoms with van der Waals surface area (Å²) in [6, 6.07) is 32.6. The van der Waals surface area contributed by atoms with E-state index in [1.54, 1.807) is 49.4 Å². The first kappa shape index (κ1) is 32.3. The number of hydrogen-bond acceptors (Lipinski definition) is 5. The molecule has 0 aliphatic rings. The minimum atomic E-state index is -4.14. The maximum atomic E-state index is 14.0. The molecule has 0 spiro atoms. The van der Waals surface area contributed by atoms with Crippen molar-refractivity contribution in [3.63, 3.8) is 0 Å². The van der Waals surface area contributed by atoms with Crippen molar-refractivity contribution in [2.75, 3.05) is 23.9 Å². The molecular formula is C35H39N3O5S. The Morgan fingerprint density at radius 2 is 1.30 bits per heavy atom. The normalized spacial score (nSPS) is 11.9. The molecule has 0 fully saturated rings. The second-order valence-corrected chi connectivity index (χ2v) is 12.7. The van der Waals surface area contributed by atoms with Crippen molar-refractivity contribution in [3.8, 4) is 11.5 Å². The predicted octanol–water partition coefficient (Wildman–Crippen LogP) is 5.91. The van der Waals surface area contributed by atoms with E-state index in [-0.39, 0.29) is 23.3 Å². The fraction of sp³-hybridized carbons (Fsp3) is 0.257. The van der Waals surface area contributed by atoms with Gasteiger partial charge in [-0.2, -0.15) is 0 Å². The molecule has 0 heterocycles. The zero-order valence-corrected chi connectivity index (χ0v) is 26.1. The second kappa shape index (κ2) is 15.2. The summed E-state index contributed by atoms with van der Waals surface area (Å²) in [7, 11) is -4.14. The molecule has 1 N–H and O–H groups in total. The summed E-state index contributed by atoms with van der Waals surface area (Å²) < 4.78 is 34.9. The molecule has 4 rings (SSSR count). The van der Waals surface area contributed by atoms with E-state index in [1.807, 2.05) is 74.5 Å². The van der Waals surface area contributed by atoms with Gasteiger partial charge in [0.05, 0.1) is 10.6 Å². The molecule has 0 saturated heterocycles. The average molecular weight is 614 g/mol. The molecule has 9 heteroatoms. The number of anilines is 1. The molecular weight excluding hydrogens is 574 g/mol. The van der Waals surface area contributed by atoms with Gasteiger partial charge < -0.3 is 15.0 Å². The maximum Gasteiger partial charge on any atom is 0.264 e. The lowest BCUT2D eigenvalue weighted by atomic mass is 10.1. The van der Waals surface area contributed by atoms with E-state index in [0.29, 0.717) is 30.2 Å². The monoisotopic (exact) mass is 613 g/mol. The lowest BCUT2D eigenvalue weighted by molar-refractivity contribution is -0.138. The Kier molecular flexibility index (Phi) is 11.2. The first-order valence-electron chi connectivity index (χ1n) is 14.7. The molecule has 0 aliphatic heterocycles. The highest BCUT2D eigenvalue weighted by Crippen LogP contribution is 2.28. The lowest BCUT2D eigenvalue weighted by Gasteiger charge is -2.32. The summed E-state index contributed by atoms with van der Waals surface area (Å²) in [5, 5.41) is 2.90. The van der Waals surface area contributed by atoms with Gasteiger partial charge in [-0.05, 0) is 73.4 Å². The SMILES string of the molecule is CC(C)CNC(=O)[C@H](C)N(CCc1ccccc1)C(=O)CN(c1ccc(Oc2ccccc2)cc1)S(=O)(=O)c1ccccc1. The molecule has 230 valence electrons. The van der Waals surface area contributed by atoms with E-state index in [0.717, 1.165) is 9.87 Å². The van der Waals surface area contributed by atoms with Crippen LogP contribution in [0.1, 0.15) is 26.3 Å². The predicted molar refractivity (Wildman–Crippen MR) is 173 cm³/mol. The number of hydrogen-bond donors (Lipinski definition) is 1. The maximum absolute atomic E-state index is 14.0. The van der Waals surface area contributed by atoms with Crippen LogP contribution in [0.15, 0.2) is 120 Å². The van der Waals surface area contributed by atoms with Crippen LogP contribution in [-0.4, -0.2) is 50.8 Å². The van der Waals surface area contributed by atoms with Crippen LogP contribution >= 0.6 is 0 Å². The molecule has 0 radical (unpaired) electrons. The van der Waals surface area contributed by atoms with Crippen molar-refractivity contribution in [1.82, 2.24) is 10.2 Å². The summed E-state index contributed by atoms with van der Waals surface area (Å²) in [6.07, 6.45) is 0.505. The van der Waals surface area contributed by atoms with Crippen molar-refractivity contribution >= 4 is 27.5 Å². The van der Waals surface area contributed by atoms with E-state index in [9.17, 15) is 18.0 Å². The summed E-state index contributed by atoms with van der Waals surface area (Å²) in [4.78, 5) is 28.7. The number of nitrogens with zero attached hydrogens (tertiary/aromatic N) is 2. The number of amides is 2. The Bertz CT molecular complexity index is 1600.